The van der Waals surface area contributed by atoms with Crippen molar-refractivity contribution in [3.63, 3.8) is 0 Å². The molecule has 2 aliphatic carbocycles. The Hall–Kier alpha value is -3.50. The van der Waals surface area contributed by atoms with Crippen molar-refractivity contribution >= 4 is 11.4 Å². The van der Waals surface area contributed by atoms with E-state index in [1.807, 2.05) is 19.3 Å². The van der Waals surface area contributed by atoms with Crippen LogP contribution < -0.4 is 16.0 Å². The van der Waals surface area contributed by atoms with E-state index in [9.17, 15) is 9.65 Å². The molecule has 6 nitrogen and oxygen atoms in total. The standard InChI is InChI=1S/C25H23FN6/c1-29-20-6-16(26)5-18-17(20)7-21-23(18)24(32-3-2-25(13-32)8-22(25)28)19(12-31-21)15-4-14(9-27)10-30-11-15/h4-6,10-12,22,29H,2-3,7-8,13,28H2,1H3/t22-,25?/m0/s1. The van der Waals surface area contributed by atoms with E-state index in [2.05, 4.69) is 21.3 Å². The van der Waals surface area contributed by atoms with Crippen molar-refractivity contribution in [2.24, 2.45) is 11.1 Å². The van der Waals surface area contributed by atoms with E-state index in [1.165, 1.54) is 0 Å². The maximum Gasteiger partial charge on any atom is 0.125 e. The first-order chi connectivity index (χ1) is 15.5. The summed E-state index contributed by atoms with van der Waals surface area (Å²) in [7, 11) is 1.82. The van der Waals surface area contributed by atoms with Gasteiger partial charge >= 0.3 is 0 Å². The first kappa shape index (κ1) is 19.2. The number of nitrogens with zero attached hydrogens (tertiary/aromatic N) is 4. The smallest absolute Gasteiger partial charge is 0.125 e. The number of fused-ring (bicyclic) bond motifs is 3. The van der Waals surface area contributed by atoms with Crippen molar-refractivity contribution < 1.29 is 4.39 Å². The molecule has 2 fully saturated rings. The molecule has 1 unspecified atom stereocenters. The van der Waals surface area contributed by atoms with Gasteiger partial charge in [-0.05, 0) is 42.2 Å². The third-order valence-corrected chi connectivity index (χ3v) is 7.36. The molecule has 0 bridgehead atoms. The number of pyridine rings is 2. The zero-order valence-electron chi connectivity index (χ0n) is 17.8. The fourth-order valence-corrected chi connectivity index (χ4v) is 5.52. The topological polar surface area (TPSA) is 90.9 Å². The fraction of sp³-hybridized carbons (Fsp3) is 0.320. The van der Waals surface area contributed by atoms with Gasteiger partial charge in [-0.15, -0.1) is 0 Å². The molecule has 1 aromatic carbocycles. The van der Waals surface area contributed by atoms with E-state index in [0.29, 0.717) is 12.0 Å². The highest BCUT2D eigenvalue weighted by Gasteiger charge is 2.56. The third kappa shape index (κ3) is 2.73. The number of nitriles is 1. The second-order valence-corrected chi connectivity index (χ2v) is 9.17. The van der Waals surface area contributed by atoms with Gasteiger partial charge in [-0.2, -0.15) is 5.26 Å². The van der Waals surface area contributed by atoms with Gasteiger partial charge in [0.25, 0.3) is 0 Å². The van der Waals surface area contributed by atoms with Gasteiger partial charge in [0.15, 0.2) is 0 Å². The monoisotopic (exact) mass is 426 g/mol. The Morgan fingerprint density at radius 3 is 2.81 bits per heavy atom. The predicted molar refractivity (Wildman–Crippen MR) is 122 cm³/mol. The summed E-state index contributed by atoms with van der Waals surface area (Å²) < 4.78 is 14.6. The molecule has 160 valence electrons. The minimum atomic E-state index is -0.271. The molecule has 7 heteroatoms. The number of rotatable bonds is 3. The van der Waals surface area contributed by atoms with Crippen molar-refractivity contribution in [1.29, 1.82) is 5.26 Å². The number of hydrogen-bond acceptors (Lipinski definition) is 6. The van der Waals surface area contributed by atoms with Crippen molar-refractivity contribution in [3.8, 4) is 28.3 Å². The SMILES string of the molecule is CNc1cc(F)cc2c1Cc1ncc(-c3cncc(C#N)c3)c(N3CCC4(C[C@@H]4N)C3)c1-2. The van der Waals surface area contributed by atoms with Crippen LogP contribution in [0.4, 0.5) is 15.8 Å². The molecule has 3 N–H and O–H groups in total. The largest absolute Gasteiger partial charge is 0.388 e. The van der Waals surface area contributed by atoms with E-state index in [-0.39, 0.29) is 17.3 Å². The summed E-state index contributed by atoms with van der Waals surface area (Å²) in [5, 5.41) is 12.5. The maximum absolute atomic E-state index is 14.6. The van der Waals surface area contributed by atoms with Crippen LogP contribution in [0.2, 0.25) is 0 Å². The Kier molecular flexibility index (Phi) is 4.05. The molecule has 6 rings (SSSR count). The van der Waals surface area contributed by atoms with Gasteiger partial charge < -0.3 is 16.0 Å². The minimum absolute atomic E-state index is 0.180. The van der Waals surface area contributed by atoms with Gasteiger partial charge in [0, 0.05) is 79.0 Å². The summed E-state index contributed by atoms with van der Waals surface area (Å²) in [4.78, 5) is 11.5. The van der Waals surface area contributed by atoms with Crippen molar-refractivity contribution in [3.05, 3.63) is 59.4 Å². The Bertz CT molecular complexity index is 1310. The van der Waals surface area contributed by atoms with Crippen molar-refractivity contribution in [1.82, 2.24) is 9.97 Å². The molecule has 0 amide bonds. The number of hydrogen-bond donors (Lipinski definition) is 2. The van der Waals surface area contributed by atoms with Crippen LogP contribution in [0, 0.1) is 22.6 Å². The summed E-state index contributed by atoms with van der Waals surface area (Å²) in [6.45, 7) is 1.78. The lowest BCUT2D eigenvalue weighted by Crippen LogP contribution is -2.24. The van der Waals surface area contributed by atoms with E-state index < -0.39 is 0 Å². The molecule has 2 atom stereocenters. The van der Waals surface area contributed by atoms with Gasteiger partial charge in [-0.3, -0.25) is 9.97 Å². The number of nitrogens with one attached hydrogen (secondary N) is 1. The van der Waals surface area contributed by atoms with Crippen LogP contribution in [0.5, 0.6) is 0 Å². The lowest BCUT2D eigenvalue weighted by atomic mass is 9.97. The average molecular weight is 426 g/mol. The molecular weight excluding hydrogens is 403 g/mol. The normalized spacial score (nSPS) is 22.6. The van der Waals surface area contributed by atoms with E-state index in [0.717, 1.165) is 70.8 Å². The zero-order valence-corrected chi connectivity index (χ0v) is 17.8. The quantitative estimate of drug-likeness (QED) is 0.519. The highest BCUT2D eigenvalue weighted by atomic mass is 19.1. The van der Waals surface area contributed by atoms with Crippen LogP contribution in [0.25, 0.3) is 22.3 Å². The number of halogens is 1. The van der Waals surface area contributed by atoms with Crippen LogP contribution in [0.1, 0.15) is 29.7 Å². The second kappa shape index (κ2) is 6.75. The molecule has 1 saturated heterocycles. The third-order valence-electron chi connectivity index (χ3n) is 7.36. The number of nitrogens with two attached hydrogens (primary N) is 1. The van der Waals surface area contributed by atoms with Gasteiger partial charge in [0.05, 0.1) is 16.9 Å². The Morgan fingerprint density at radius 2 is 2.09 bits per heavy atom. The molecule has 0 radical (unpaired) electrons. The first-order valence-corrected chi connectivity index (χ1v) is 10.9. The van der Waals surface area contributed by atoms with E-state index in [4.69, 9.17) is 10.7 Å². The Labute approximate surface area is 185 Å². The van der Waals surface area contributed by atoms with Crippen LogP contribution in [-0.2, 0) is 6.42 Å². The fourth-order valence-electron chi connectivity index (χ4n) is 5.52. The molecule has 1 spiro atoms. The molecule has 1 aliphatic heterocycles. The molecular formula is C25H23FN6. The molecule has 1 saturated carbocycles. The van der Waals surface area contributed by atoms with E-state index in [1.54, 1.807) is 24.5 Å². The molecule has 3 aliphatic rings. The summed E-state index contributed by atoms with van der Waals surface area (Å²) >= 11 is 0. The molecule has 2 aromatic heterocycles. The summed E-state index contributed by atoms with van der Waals surface area (Å²) in [5.41, 5.74) is 14.5. The average Bonchev–Trinajstić information content (AvgIpc) is 3.13. The summed E-state index contributed by atoms with van der Waals surface area (Å²) in [6.07, 6.45) is 7.96. The maximum atomic E-state index is 14.6. The summed E-state index contributed by atoms with van der Waals surface area (Å²) in [5.74, 6) is -0.271. The van der Waals surface area contributed by atoms with Crippen LogP contribution in [0.3, 0.4) is 0 Å². The molecule has 3 heterocycles. The highest BCUT2D eigenvalue weighted by Crippen LogP contribution is 2.56. The van der Waals surface area contributed by atoms with Gasteiger partial charge in [0.2, 0.25) is 0 Å². The van der Waals surface area contributed by atoms with Gasteiger partial charge in [0.1, 0.15) is 11.9 Å². The van der Waals surface area contributed by atoms with Gasteiger partial charge in [-0.25, -0.2) is 4.39 Å². The molecule has 32 heavy (non-hydrogen) atoms. The first-order valence-electron chi connectivity index (χ1n) is 10.9. The van der Waals surface area contributed by atoms with Crippen LogP contribution in [-0.4, -0.2) is 36.1 Å². The Morgan fingerprint density at radius 1 is 1.25 bits per heavy atom. The number of benzene rings is 1. The molecule has 3 aromatic rings. The second-order valence-electron chi connectivity index (χ2n) is 9.17. The Balaban J connectivity index is 1.59. The zero-order chi connectivity index (χ0) is 22.0. The van der Waals surface area contributed by atoms with Crippen LogP contribution >= 0.6 is 0 Å². The lowest BCUT2D eigenvalue weighted by Gasteiger charge is -2.26. The highest BCUT2D eigenvalue weighted by molar-refractivity contribution is 5.96. The van der Waals surface area contributed by atoms with Gasteiger partial charge in [-0.1, -0.05) is 0 Å². The van der Waals surface area contributed by atoms with Crippen molar-refractivity contribution in [2.45, 2.75) is 25.3 Å². The van der Waals surface area contributed by atoms with E-state index >= 15 is 0 Å². The number of aromatic nitrogens is 2. The predicted octanol–water partition coefficient (Wildman–Crippen LogP) is 3.69. The number of anilines is 2. The summed E-state index contributed by atoms with van der Waals surface area (Å²) in [6, 6.07) is 7.42. The minimum Gasteiger partial charge on any atom is -0.388 e. The van der Waals surface area contributed by atoms with Crippen LogP contribution in [0.15, 0.2) is 36.8 Å². The van der Waals surface area contributed by atoms with Crippen molar-refractivity contribution in [2.75, 3.05) is 30.4 Å². The lowest BCUT2D eigenvalue weighted by molar-refractivity contribution is 0.553.